The molecule has 1 aromatic rings. The van der Waals surface area contributed by atoms with Gasteiger partial charge in [0.15, 0.2) is 0 Å². The summed E-state index contributed by atoms with van der Waals surface area (Å²) in [4.78, 5) is 30.5. The molecular formula is C19H31N5O3. The van der Waals surface area contributed by atoms with Gasteiger partial charge in [0.1, 0.15) is 0 Å². The van der Waals surface area contributed by atoms with Crippen molar-refractivity contribution in [3.63, 3.8) is 0 Å². The first-order chi connectivity index (χ1) is 12.8. The van der Waals surface area contributed by atoms with Gasteiger partial charge >= 0.3 is 6.03 Å². The molecule has 2 saturated heterocycles. The Bertz CT molecular complexity index is 716. The Kier molecular flexibility index (Phi) is 5.46. The van der Waals surface area contributed by atoms with Gasteiger partial charge < -0.3 is 19.8 Å². The number of urea groups is 1. The van der Waals surface area contributed by atoms with Gasteiger partial charge in [0.2, 0.25) is 0 Å². The fourth-order valence-electron chi connectivity index (χ4n) is 4.21. The number of carbonyl (C=O) groups excluding carboxylic acids is 2. The maximum Gasteiger partial charge on any atom is 0.319 e. The normalized spacial score (nSPS) is 25.3. The Morgan fingerprint density at radius 3 is 2.52 bits per heavy atom. The Hall–Kier alpha value is -2.09. The van der Waals surface area contributed by atoms with Crippen LogP contribution in [-0.4, -0.2) is 87.4 Å². The summed E-state index contributed by atoms with van der Waals surface area (Å²) in [5, 5.41) is 15.4. The van der Waals surface area contributed by atoms with E-state index >= 15 is 0 Å². The van der Waals surface area contributed by atoms with Crippen molar-refractivity contribution in [1.82, 2.24) is 24.5 Å². The van der Waals surface area contributed by atoms with Gasteiger partial charge in [-0.25, -0.2) is 4.79 Å². The first-order valence-corrected chi connectivity index (χ1v) is 9.77. The molecule has 1 N–H and O–H groups in total. The number of hydrogen-bond donors (Lipinski definition) is 1. The summed E-state index contributed by atoms with van der Waals surface area (Å²) in [6, 6.07) is -0.0443. The van der Waals surface area contributed by atoms with Crippen LogP contribution in [0.1, 0.15) is 42.2 Å². The molecule has 2 aliphatic rings. The number of rotatable bonds is 3. The fourth-order valence-corrected chi connectivity index (χ4v) is 4.21. The zero-order chi connectivity index (χ0) is 19.8. The average molecular weight is 377 g/mol. The van der Waals surface area contributed by atoms with Crippen molar-refractivity contribution in [1.29, 1.82) is 0 Å². The van der Waals surface area contributed by atoms with E-state index < -0.39 is 5.60 Å². The molecule has 2 atom stereocenters. The van der Waals surface area contributed by atoms with Gasteiger partial charge in [-0.05, 0) is 26.2 Å². The van der Waals surface area contributed by atoms with Crippen molar-refractivity contribution in [3.8, 4) is 0 Å². The Balaban J connectivity index is 1.73. The molecule has 3 amide bonds. The third-order valence-electron chi connectivity index (χ3n) is 5.98. The summed E-state index contributed by atoms with van der Waals surface area (Å²) in [6.45, 7) is 6.83. The Morgan fingerprint density at radius 2 is 1.89 bits per heavy atom. The summed E-state index contributed by atoms with van der Waals surface area (Å²) in [5.41, 5.74) is 0.725. The predicted octanol–water partition coefficient (Wildman–Crippen LogP) is 1.18. The van der Waals surface area contributed by atoms with E-state index in [2.05, 4.69) is 12.0 Å². The summed E-state index contributed by atoms with van der Waals surface area (Å²) < 4.78 is 1.87. The SMILES string of the molecule is CCCn1ncc(C(=O)N2CC[C@@]3(O)CCN(C(=O)N(C)C)C[C@H]3C2)c1C. The van der Waals surface area contributed by atoms with Crippen LogP contribution in [0.3, 0.4) is 0 Å². The highest BCUT2D eigenvalue weighted by molar-refractivity contribution is 5.95. The van der Waals surface area contributed by atoms with Crippen LogP contribution in [0.4, 0.5) is 4.79 Å². The number of nitrogens with zero attached hydrogens (tertiary/aromatic N) is 5. The minimum atomic E-state index is -0.790. The van der Waals surface area contributed by atoms with Crippen molar-refractivity contribution in [2.24, 2.45) is 5.92 Å². The van der Waals surface area contributed by atoms with Gasteiger partial charge in [0.25, 0.3) is 5.91 Å². The van der Waals surface area contributed by atoms with Crippen molar-refractivity contribution >= 4 is 11.9 Å². The van der Waals surface area contributed by atoms with E-state index in [1.54, 1.807) is 30.1 Å². The number of carbonyl (C=O) groups is 2. The minimum absolute atomic E-state index is 0.0343. The van der Waals surface area contributed by atoms with Crippen LogP contribution < -0.4 is 0 Å². The summed E-state index contributed by atoms with van der Waals surface area (Å²) in [7, 11) is 3.47. The van der Waals surface area contributed by atoms with Crippen molar-refractivity contribution < 1.29 is 14.7 Å². The minimum Gasteiger partial charge on any atom is -0.389 e. The second kappa shape index (κ2) is 7.50. The molecule has 27 heavy (non-hydrogen) atoms. The lowest BCUT2D eigenvalue weighted by Crippen LogP contribution is -2.62. The standard InChI is InChI=1S/C19H31N5O3/c1-5-8-24-14(2)16(11-20-24)17(25)22-9-6-19(27)7-10-23(13-15(19)12-22)18(26)21(3)4/h11,15,27H,5-10,12-13H2,1-4H3/t15-,19-/m1/s1. The van der Waals surface area contributed by atoms with E-state index in [0.717, 1.165) is 18.7 Å². The first kappa shape index (κ1) is 19.7. The van der Waals surface area contributed by atoms with Gasteiger partial charge in [-0.15, -0.1) is 0 Å². The van der Waals surface area contributed by atoms with Crippen LogP contribution in [0.5, 0.6) is 0 Å². The molecule has 0 aromatic carbocycles. The molecular weight excluding hydrogens is 346 g/mol. The zero-order valence-electron chi connectivity index (χ0n) is 16.8. The number of fused-ring (bicyclic) bond motifs is 1. The van der Waals surface area contributed by atoms with Crippen LogP contribution >= 0.6 is 0 Å². The lowest BCUT2D eigenvalue weighted by Gasteiger charge is -2.50. The maximum atomic E-state index is 13.0. The zero-order valence-corrected chi connectivity index (χ0v) is 16.8. The number of aliphatic hydroxyl groups is 1. The lowest BCUT2D eigenvalue weighted by molar-refractivity contribution is -0.100. The molecule has 3 heterocycles. The molecule has 0 aliphatic carbocycles. The topological polar surface area (TPSA) is 81.9 Å². The molecule has 3 rings (SSSR count). The average Bonchev–Trinajstić information content (AvgIpc) is 3.00. The van der Waals surface area contributed by atoms with E-state index in [4.69, 9.17) is 0 Å². The second-order valence-electron chi connectivity index (χ2n) is 8.04. The monoisotopic (exact) mass is 377 g/mol. The van der Waals surface area contributed by atoms with Gasteiger partial charge in [-0.3, -0.25) is 9.48 Å². The molecule has 0 spiro atoms. The smallest absolute Gasteiger partial charge is 0.319 e. The highest BCUT2D eigenvalue weighted by Gasteiger charge is 2.47. The van der Waals surface area contributed by atoms with E-state index in [1.807, 2.05) is 16.5 Å². The molecule has 150 valence electrons. The Labute approximate surface area is 160 Å². The molecule has 0 saturated carbocycles. The number of likely N-dealkylation sites (tertiary alicyclic amines) is 2. The quantitative estimate of drug-likeness (QED) is 0.858. The third kappa shape index (κ3) is 3.67. The molecule has 0 bridgehead atoms. The van der Waals surface area contributed by atoms with Gasteiger partial charge in [-0.1, -0.05) is 6.92 Å². The van der Waals surface area contributed by atoms with Gasteiger partial charge in [0, 0.05) is 58.4 Å². The second-order valence-corrected chi connectivity index (χ2v) is 8.04. The highest BCUT2D eigenvalue weighted by atomic mass is 16.3. The molecule has 2 fully saturated rings. The lowest BCUT2D eigenvalue weighted by atomic mass is 9.75. The molecule has 2 aliphatic heterocycles. The number of hydrogen-bond acceptors (Lipinski definition) is 4. The fraction of sp³-hybridized carbons (Fsp3) is 0.737. The van der Waals surface area contributed by atoms with Crippen LogP contribution in [-0.2, 0) is 6.54 Å². The van der Waals surface area contributed by atoms with Crippen molar-refractivity contribution in [2.75, 3.05) is 40.3 Å². The molecule has 8 heteroatoms. The summed E-state index contributed by atoms with van der Waals surface area (Å²) in [5.74, 6) is -0.160. The Morgan fingerprint density at radius 1 is 1.26 bits per heavy atom. The molecule has 0 unspecified atom stereocenters. The van der Waals surface area contributed by atoms with Crippen LogP contribution in [0.2, 0.25) is 0 Å². The third-order valence-corrected chi connectivity index (χ3v) is 5.98. The van der Waals surface area contributed by atoms with Gasteiger partial charge in [-0.2, -0.15) is 5.10 Å². The van der Waals surface area contributed by atoms with Gasteiger partial charge in [0.05, 0.1) is 17.4 Å². The number of aryl methyl sites for hydroxylation is 1. The maximum absolute atomic E-state index is 13.0. The first-order valence-electron chi connectivity index (χ1n) is 9.77. The van der Waals surface area contributed by atoms with Crippen LogP contribution in [0, 0.1) is 12.8 Å². The van der Waals surface area contributed by atoms with E-state index in [9.17, 15) is 14.7 Å². The number of aromatic nitrogens is 2. The summed E-state index contributed by atoms with van der Waals surface area (Å²) >= 11 is 0. The van der Waals surface area contributed by atoms with E-state index in [-0.39, 0.29) is 17.9 Å². The number of amides is 3. The molecule has 8 nitrogen and oxygen atoms in total. The van der Waals surface area contributed by atoms with E-state index in [1.165, 1.54) is 0 Å². The van der Waals surface area contributed by atoms with E-state index in [0.29, 0.717) is 44.6 Å². The predicted molar refractivity (Wildman–Crippen MR) is 101 cm³/mol. The highest BCUT2D eigenvalue weighted by Crippen LogP contribution is 2.36. The summed E-state index contributed by atoms with van der Waals surface area (Å²) in [6.07, 6.45) is 3.73. The van der Waals surface area contributed by atoms with Crippen molar-refractivity contribution in [2.45, 2.75) is 45.3 Å². The molecule has 1 aromatic heterocycles. The van der Waals surface area contributed by atoms with Crippen LogP contribution in [0.15, 0.2) is 6.20 Å². The molecule has 0 radical (unpaired) electrons. The largest absolute Gasteiger partial charge is 0.389 e. The van der Waals surface area contributed by atoms with Crippen LogP contribution in [0.25, 0.3) is 0 Å². The number of piperidine rings is 2. The van der Waals surface area contributed by atoms with Crippen molar-refractivity contribution in [3.05, 3.63) is 17.5 Å².